The second-order valence-electron chi connectivity index (χ2n) is 3.92. The molecule has 0 amide bonds. The van der Waals surface area contributed by atoms with Crippen molar-refractivity contribution in [3.63, 3.8) is 0 Å². The van der Waals surface area contributed by atoms with E-state index in [1.807, 2.05) is 36.9 Å². The van der Waals surface area contributed by atoms with Gasteiger partial charge in [-0.05, 0) is 36.8 Å². The fourth-order valence-corrected chi connectivity index (χ4v) is 1.65. The largest absolute Gasteiger partial charge is 0.379 e. The maximum Gasteiger partial charge on any atom is 0.125 e. The van der Waals surface area contributed by atoms with Crippen LogP contribution in [0.4, 0.5) is 10.1 Å². The summed E-state index contributed by atoms with van der Waals surface area (Å²) in [4.78, 5) is 0. The molecule has 0 aliphatic heterocycles. The van der Waals surface area contributed by atoms with Crippen LogP contribution in [-0.2, 0) is 13.6 Å². The molecule has 0 aliphatic rings. The molecule has 2 aromatic rings. The predicted octanol–water partition coefficient (Wildman–Crippen LogP) is 3.08. The van der Waals surface area contributed by atoms with Crippen molar-refractivity contribution in [3.8, 4) is 0 Å². The molecule has 2 nitrogen and oxygen atoms in total. The van der Waals surface area contributed by atoms with Crippen LogP contribution in [0, 0.1) is 12.7 Å². The quantitative estimate of drug-likeness (QED) is 0.837. The second-order valence-corrected chi connectivity index (χ2v) is 3.92. The number of benzene rings is 1. The van der Waals surface area contributed by atoms with E-state index in [0.717, 1.165) is 11.3 Å². The third-order valence-corrected chi connectivity index (χ3v) is 2.71. The second kappa shape index (κ2) is 4.39. The molecule has 0 saturated heterocycles. The lowest BCUT2D eigenvalue weighted by Gasteiger charge is -2.10. The molecular formula is C13H15FN2. The SMILES string of the molecule is Cc1ccc(F)cc1NCc1cccn1C. The van der Waals surface area contributed by atoms with E-state index in [9.17, 15) is 4.39 Å². The van der Waals surface area contributed by atoms with Crippen LogP contribution in [0.5, 0.6) is 0 Å². The number of anilines is 1. The highest BCUT2D eigenvalue weighted by Crippen LogP contribution is 2.16. The predicted molar refractivity (Wildman–Crippen MR) is 63.9 cm³/mol. The Labute approximate surface area is 94.7 Å². The molecule has 0 radical (unpaired) electrons. The van der Waals surface area contributed by atoms with Crippen LogP contribution in [0.25, 0.3) is 0 Å². The van der Waals surface area contributed by atoms with Gasteiger partial charge < -0.3 is 9.88 Å². The Hall–Kier alpha value is -1.77. The van der Waals surface area contributed by atoms with Crippen LogP contribution < -0.4 is 5.32 Å². The highest BCUT2D eigenvalue weighted by Gasteiger charge is 2.01. The molecule has 0 bridgehead atoms. The summed E-state index contributed by atoms with van der Waals surface area (Å²) >= 11 is 0. The number of halogens is 1. The van der Waals surface area contributed by atoms with E-state index >= 15 is 0 Å². The van der Waals surface area contributed by atoms with Gasteiger partial charge in [-0.2, -0.15) is 0 Å². The Morgan fingerprint density at radius 3 is 2.81 bits per heavy atom. The van der Waals surface area contributed by atoms with Gasteiger partial charge in [-0.15, -0.1) is 0 Å². The van der Waals surface area contributed by atoms with Crippen LogP contribution >= 0.6 is 0 Å². The van der Waals surface area contributed by atoms with Crippen molar-refractivity contribution < 1.29 is 4.39 Å². The van der Waals surface area contributed by atoms with Gasteiger partial charge in [0.05, 0.1) is 6.54 Å². The van der Waals surface area contributed by atoms with E-state index in [-0.39, 0.29) is 5.82 Å². The van der Waals surface area contributed by atoms with Crippen molar-refractivity contribution in [2.75, 3.05) is 5.32 Å². The van der Waals surface area contributed by atoms with Gasteiger partial charge in [0.1, 0.15) is 5.82 Å². The summed E-state index contributed by atoms with van der Waals surface area (Å²) in [6.45, 7) is 2.67. The molecule has 1 heterocycles. The molecule has 2 rings (SSSR count). The van der Waals surface area contributed by atoms with Gasteiger partial charge in [-0.3, -0.25) is 0 Å². The smallest absolute Gasteiger partial charge is 0.125 e. The zero-order valence-corrected chi connectivity index (χ0v) is 9.50. The van der Waals surface area contributed by atoms with Crippen molar-refractivity contribution in [1.29, 1.82) is 0 Å². The van der Waals surface area contributed by atoms with Gasteiger partial charge >= 0.3 is 0 Å². The number of aromatic nitrogens is 1. The Morgan fingerprint density at radius 1 is 1.31 bits per heavy atom. The number of hydrogen-bond acceptors (Lipinski definition) is 1. The molecule has 0 saturated carbocycles. The van der Waals surface area contributed by atoms with Crippen LogP contribution in [0.1, 0.15) is 11.3 Å². The molecule has 84 valence electrons. The summed E-state index contributed by atoms with van der Waals surface area (Å²) in [6, 6.07) is 8.82. The Morgan fingerprint density at radius 2 is 2.12 bits per heavy atom. The molecule has 1 N–H and O–H groups in total. The van der Waals surface area contributed by atoms with Crippen molar-refractivity contribution in [1.82, 2.24) is 4.57 Å². The summed E-state index contributed by atoms with van der Waals surface area (Å²) in [7, 11) is 2.00. The lowest BCUT2D eigenvalue weighted by Crippen LogP contribution is -2.05. The molecule has 0 aliphatic carbocycles. The van der Waals surface area contributed by atoms with Crippen molar-refractivity contribution in [2.24, 2.45) is 7.05 Å². The summed E-state index contributed by atoms with van der Waals surface area (Å²) in [5.41, 5.74) is 3.07. The third kappa shape index (κ3) is 2.24. The monoisotopic (exact) mass is 218 g/mol. The van der Waals surface area contributed by atoms with Gasteiger partial charge in [0.25, 0.3) is 0 Å². The van der Waals surface area contributed by atoms with Crippen molar-refractivity contribution in [3.05, 3.63) is 53.6 Å². The van der Waals surface area contributed by atoms with Crippen LogP contribution in [0.15, 0.2) is 36.5 Å². The highest BCUT2D eigenvalue weighted by molar-refractivity contribution is 5.50. The Balaban J connectivity index is 2.10. The molecular weight excluding hydrogens is 203 g/mol. The van der Waals surface area contributed by atoms with Crippen LogP contribution in [0.2, 0.25) is 0 Å². The first-order valence-electron chi connectivity index (χ1n) is 5.27. The molecule has 1 aromatic heterocycles. The zero-order valence-electron chi connectivity index (χ0n) is 9.50. The van der Waals surface area contributed by atoms with Crippen molar-refractivity contribution in [2.45, 2.75) is 13.5 Å². The highest BCUT2D eigenvalue weighted by atomic mass is 19.1. The standard InChI is InChI=1S/C13H15FN2/c1-10-5-6-11(14)8-13(10)15-9-12-4-3-7-16(12)2/h3-8,15H,9H2,1-2H3. The minimum absolute atomic E-state index is 0.208. The number of hydrogen-bond donors (Lipinski definition) is 1. The minimum atomic E-state index is -0.208. The van der Waals surface area contributed by atoms with Crippen LogP contribution in [0.3, 0.4) is 0 Å². The average molecular weight is 218 g/mol. The Bertz CT molecular complexity index is 488. The summed E-state index contributed by atoms with van der Waals surface area (Å²) in [5, 5.41) is 3.24. The molecule has 1 aromatic carbocycles. The van der Waals surface area contributed by atoms with E-state index in [1.165, 1.54) is 17.8 Å². The zero-order chi connectivity index (χ0) is 11.5. The lowest BCUT2D eigenvalue weighted by atomic mass is 10.2. The first-order valence-corrected chi connectivity index (χ1v) is 5.27. The number of aryl methyl sites for hydroxylation is 2. The number of nitrogens with zero attached hydrogens (tertiary/aromatic N) is 1. The van der Waals surface area contributed by atoms with Crippen molar-refractivity contribution >= 4 is 5.69 Å². The summed E-state index contributed by atoms with van der Waals surface area (Å²) in [5.74, 6) is -0.208. The normalized spacial score (nSPS) is 10.4. The van der Waals surface area contributed by atoms with E-state index < -0.39 is 0 Å². The number of rotatable bonds is 3. The average Bonchev–Trinajstić information content (AvgIpc) is 2.66. The fourth-order valence-electron chi connectivity index (χ4n) is 1.65. The van der Waals surface area contributed by atoms with E-state index in [0.29, 0.717) is 6.54 Å². The van der Waals surface area contributed by atoms with E-state index in [1.54, 1.807) is 6.07 Å². The number of nitrogens with one attached hydrogen (secondary N) is 1. The van der Waals surface area contributed by atoms with E-state index in [4.69, 9.17) is 0 Å². The van der Waals surface area contributed by atoms with Gasteiger partial charge in [-0.1, -0.05) is 6.07 Å². The fraction of sp³-hybridized carbons (Fsp3) is 0.231. The van der Waals surface area contributed by atoms with Crippen LogP contribution in [-0.4, -0.2) is 4.57 Å². The first-order chi connectivity index (χ1) is 7.66. The first kappa shape index (κ1) is 10.7. The van der Waals surface area contributed by atoms with Gasteiger partial charge in [0.15, 0.2) is 0 Å². The summed E-state index contributed by atoms with van der Waals surface area (Å²) in [6.07, 6.45) is 2.00. The lowest BCUT2D eigenvalue weighted by molar-refractivity contribution is 0.627. The Kier molecular flexibility index (Phi) is 2.95. The maximum absolute atomic E-state index is 13.0. The third-order valence-electron chi connectivity index (χ3n) is 2.71. The molecule has 16 heavy (non-hydrogen) atoms. The molecule has 3 heteroatoms. The topological polar surface area (TPSA) is 17.0 Å². The van der Waals surface area contributed by atoms with E-state index in [2.05, 4.69) is 5.32 Å². The summed E-state index contributed by atoms with van der Waals surface area (Å²) < 4.78 is 15.1. The van der Waals surface area contributed by atoms with Gasteiger partial charge in [0, 0.05) is 24.6 Å². The van der Waals surface area contributed by atoms with Gasteiger partial charge in [0.2, 0.25) is 0 Å². The minimum Gasteiger partial charge on any atom is -0.379 e. The molecule has 0 spiro atoms. The maximum atomic E-state index is 13.0. The molecule has 0 unspecified atom stereocenters. The molecule has 0 atom stereocenters. The molecule has 0 fully saturated rings. The van der Waals surface area contributed by atoms with Gasteiger partial charge in [-0.25, -0.2) is 4.39 Å².